The van der Waals surface area contributed by atoms with Crippen molar-refractivity contribution in [1.82, 2.24) is 0 Å². The number of carboxylic acid groups (broad SMARTS) is 2. The molecule has 0 aliphatic carbocycles. The first-order chi connectivity index (χ1) is 62.2. The number of hydrogen-bond donors (Lipinski definition) is 3. The van der Waals surface area contributed by atoms with Gasteiger partial charge in [-0.1, -0.05) is 289 Å². The molecule has 1 aliphatic heterocycles. The largest absolute Gasteiger partial charge is 1.00 e. The van der Waals surface area contributed by atoms with E-state index < -0.39 is 45.3 Å². The molecule has 1 saturated heterocycles. The first-order valence-corrected chi connectivity index (χ1v) is 48.8. The molecule has 7 rings (SSSR count). The number of carbonyl (C=O) groups is 6. The van der Waals surface area contributed by atoms with Crippen molar-refractivity contribution in [3.63, 3.8) is 0 Å². The molecule has 0 spiro atoms. The maximum atomic E-state index is 12.2. The number of phenolic OH excluding ortho intramolecular Hbond substituents is 2. The summed E-state index contributed by atoms with van der Waals surface area (Å²) in [5.41, 5.74) is 9.45. The number of hydrogen-bond acceptors (Lipinski definition) is 19. The average molecular weight is 1910 g/mol. The summed E-state index contributed by atoms with van der Waals surface area (Å²) in [4.78, 5) is 66.6. The summed E-state index contributed by atoms with van der Waals surface area (Å²) in [6.07, 6.45) is 46.6. The van der Waals surface area contributed by atoms with Crippen LogP contribution in [0.1, 0.15) is 349 Å². The second-order valence-electron chi connectivity index (χ2n) is 33.6. The third kappa shape index (κ3) is 64.0. The number of phenols is 2. The van der Waals surface area contributed by atoms with Crippen LogP contribution in [-0.2, 0) is 144 Å². The molecule has 1 fully saturated rings. The average Bonchev–Trinajstić information content (AvgIpc) is 1.63. The molecule has 27 heteroatoms. The number of esters is 4. The minimum atomic E-state index is -5.73. The molecule has 0 saturated carbocycles. The molecule has 0 amide bonds. The number of ether oxygens (including phenoxy) is 4. The zero-order valence-electron chi connectivity index (χ0n) is 85.3. The van der Waals surface area contributed by atoms with Crippen LogP contribution in [0.4, 0.5) is 13.2 Å². The van der Waals surface area contributed by atoms with Gasteiger partial charge in [0.2, 0.25) is 0 Å². The standard InChI is InChI=1S/C19H30O2.C19H26O2.2C18H28O2.C11H21BO2.C11H11F3O5S.C9H10O4.C2H6.CH4.Li.Na.H2O/c2*1-4-6-8-10-16-12-17(11-9-7-5-2)14-18(13-16)15-19(20)21-3;2*1-3-5-7-9-15-11-16(10-8-6-4-2)13-17(12-15)14-18(19)20;1-6-7-8-9-12-13-10(2,3)11(4,5)14-12;1-7-3-8(6-10(15)18-2)5-9(4-7)19-20(16,17)11(12,13)14;1-13-9(12)4-6-2-7(10)5-8(11)3-6;1-2;;;;/h12-14H,4-11,15H2,1-3H3;8-14H,4-7,15H2,1-3H3;2*11-13H,3-10,14H2,1-2H3,(H,19,20);8-9H,6-7H2,1-5H3;3-5H,6H2,1-2H3;2-3,5,10-11H,4H2,1H3;1-2H3;1H4;;;1H2/q;;;;;;;;;2*+1;/p-2/b;10-8+,11-9+;;;9-8+;;;;;;;. The van der Waals surface area contributed by atoms with Gasteiger partial charge in [-0.3, -0.25) is 24.0 Å². The van der Waals surface area contributed by atoms with Gasteiger partial charge in [-0.05, 0) is 245 Å². The Balaban J connectivity index is -0.000000485. The molecule has 20 nitrogen and oxygen atoms in total. The SMILES string of the molecule is C.CC.CCC/C=C/B1OC(C)(C)C(C)(C)O1.CCC/C=C/c1cc(/C=C/CCC)cc(CC(=O)OC)c1.CCCCCc1cc(CCCCC)cc(CC(=O)O)c1.CCCCCc1cc(CCCCC)cc(CC(=O)OC)c1.CCCCCc1cc(CCCCC)cc(CC(=O)[O-])c1.COC(=O)Cc1cc(C)cc(OS(=O)(=O)C(F)(F)F)c1.COC(=O)Cc1cc(O)cc(O)c1.[Li+].[Na+].[OH-]. The van der Waals surface area contributed by atoms with E-state index in [2.05, 4.69) is 195 Å². The van der Waals surface area contributed by atoms with Crippen LogP contribution in [-0.4, -0.2) is 117 Å². The number of aromatic hydroxyl groups is 2. The molecule has 1 aliphatic rings. The van der Waals surface area contributed by atoms with E-state index in [1.54, 1.807) is 0 Å². The summed E-state index contributed by atoms with van der Waals surface area (Å²) in [5, 5.41) is 37.9. The zero-order chi connectivity index (χ0) is 98.8. The van der Waals surface area contributed by atoms with Gasteiger partial charge in [0.25, 0.3) is 0 Å². The van der Waals surface area contributed by atoms with Crippen molar-refractivity contribution in [2.24, 2.45) is 0 Å². The Hall–Kier alpha value is -7.96. The third-order valence-electron chi connectivity index (χ3n) is 20.9. The number of carbonyl (C=O) groups excluding carboxylic acids is 5. The fourth-order valence-electron chi connectivity index (χ4n) is 13.5. The Morgan fingerprint density at radius 2 is 0.681 bits per heavy atom. The molecule has 6 aromatic rings. The van der Waals surface area contributed by atoms with Gasteiger partial charge in [0.15, 0.2) is 0 Å². The molecule has 0 unspecified atom stereocenters. The van der Waals surface area contributed by atoms with Crippen molar-refractivity contribution < 1.29 is 157 Å². The van der Waals surface area contributed by atoms with Crippen molar-refractivity contribution >= 4 is 65.2 Å². The molecule has 0 atom stereocenters. The van der Waals surface area contributed by atoms with E-state index in [4.69, 9.17) is 34.1 Å². The Bertz CT molecular complexity index is 4240. The first-order valence-electron chi connectivity index (χ1n) is 47.4. The van der Waals surface area contributed by atoms with Gasteiger partial charge in [-0.15, -0.1) is 0 Å². The zero-order valence-corrected chi connectivity index (χ0v) is 88.1. The number of rotatable bonds is 47. The second kappa shape index (κ2) is 78.9. The summed E-state index contributed by atoms with van der Waals surface area (Å²) in [7, 11) is -0.590. The van der Waals surface area contributed by atoms with Crippen LogP contribution in [0, 0.1) is 6.92 Å². The summed E-state index contributed by atoms with van der Waals surface area (Å²) in [6.45, 7) is 33.5. The van der Waals surface area contributed by atoms with Gasteiger partial charge in [0.1, 0.15) is 17.2 Å². The number of unbranched alkanes of at least 4 members (excludes halogenated alkanes) is 15. The van der Waals surface area contributed by atoms with Crippen LogP contribution in [0.5, 0.6) is 17.2 Å². The van der Waals surface area contributed by atoms with E-state index in [0.29, 0.717) is 24.0 Å². The van der Waals surface area contributed by atoms with Crippen LogP contribution < -0.4 is 57.7 Å². The van der Waals surface area contributed by atoms with Crippen LogP contribution >= 0.6 is 0 Å². The van der Waals surface area contributed by atoms with E-state index >= 15 is 0 Å². The number of aliphatic carboxylic acids is 2. The minimum Gasteiger partial charge on any atom is -0.870 e. The summed E-state index contributed by atoms with van der Waals surface area (Å²) in [5.74, 6) is -1.75. The molecular weight excluding hydrogens is 1750 g/mol. The topological polar surface area (TPSA) is 315 Å². The molecule has 6 aromatic carbocycles. The Labute approximate surface area is 844 Å². The van der Waals surface area contributed by atoms with E-state index in [1.165, 1.54) is 201 Å². The van der Waals surface area contributed by atoms with Crippen molar-refractivity contribution in [3.05, 3.63) is 217 Å². The smallest absolute Gasteiger partial charge is 0.870 e. The Morgan fingerprint density at radius 1 is 0.407 bits per heavy atom. The van der Waals surface area contributed by atoms with E-state index in [0.717, 1.165) is 130 Å². The van der Waals surface area contributed by atoms with Gasteiger partial charge in [0.05, 0.1) is 71.7 Å². The maximum absolute atomic E-state index is 12.2. The molecule has 748 valence electrons. The second-order valence-corrected chi connectivity index (χ2v) is 35.1. The third-order valence-corrected chi connectivity index (χ3v) is 21.9. The fourth-order valence-corrected chi connectivity index (χ4v) is 14.0. The maximum Gasteiger partial charge on any atom is 1.00 e. The van der Waals surface area contributed by atoms with E-state index in [1.807, 2.05) is 32.0 Å². The minimum absolute atomic E-state index is 0. The normalized spacial score (nSPS) is 11.9. The van der Waals surface area contributed by atoms with Crippen LogP contribution in [0.2, 0.25) is 0 Å². The number of benzene rings is 6. The summed E-state index contributed by atoms with van der Waals surface area (Å²) < 4.78 is 92.4. The number of carboxylic acids is 2. The predicted molar refractivity (Wildman–Crippen MR) is 533 cm³/mol. The molecule has 0 aromatic heterocycles. The monoisotopic (exact) mass is 1910 g/mol. The quantitative estimate of drug-likeness (QED) is 0.00798. The van der Waals surface area contributed by atoms with Crippen molar-refractivity contribution in [2.75, 3.05) is 28.4 Å². The molecular formula is C108H164BF3LiNaO20S. The fraction of sp³-hybridized carbons (Fsp3) is 0.556. The predicted octanol–water partition coefficient (Wildman–Crippen LogP) is 19.3. The Kier molecular flexibility index (Phi) is 79.2. The number of alkyl halides is 3. The van der Waals surface area contributed by atoms with Crippen molar-refractivity contribution in [3.8, 4) is 17.2 Å². The number of aryl methyl sites for hydroxylation is 7. The molecule has 0 radical (unpaired) electrons. The Morgan fingerprint density at radius 3 is 0.963 bits per heavy atom. The van der Waals surface area contributed by atoms with Gasteiger partial charge >= 0.3 is 101 Å². The molecule has 0 bridgehead atoms. The van der Waals surface area contributed by atoms with Gasteiger partial charge in [-0.2, -0.15) is 21.6 Å². The number of allylic oxidation sites excluding steroid dienone is 3. The summed E-state index contributed by atoms with van der Waals surface area (Å²) in [6, 6.07) is 33.3. The van der Waals surface area contributed by atoms with Gasteiger partial charge in [-0.25, -0.2) is 0 Å². The van der Waals surface area contributed by atoms with Crippen molar-refractivity contribution in [2.45, 2.75) is 366 Å². The van der Waals surface area contributed by atoms with E-state index in [9.17, 15) is 55.5 Å². The number of halogens is 3. The molecule has 1 heterocycles. The van der Waals surface area contributed by atoms with E-state index in [-0.39, 0.29) is 134 Å². The van der Waals surface area contributed by atoms with Gasteiger partial charge in [0, 0.05) is 18.5 Å². The van der Waals surface area contributed by atoms with Crippen LogP contribution in [0.25, 0.3) is 12.2 Å². The first kappa shape index (κ1) is 136. The van der Waals surface area contributed by atoms with Crippen molar-refractivity contribution in [1.29, 1.82) is 0 Å². The number of methoxy groups -OCH3 is 4. The molecule has 4 N–H and O–H groups in total. The van der Waals surface area contributed by atoms with Gasteiger partial charge < -0.3 is 63.1 Å². The van der Waals surface area contributed by atoms with Crippen LogP contribution in [0.3, 0.4) is 0 Å². The summed E-state index contributed by atoms with van der Waals surface area (Å²) >= 11 is 0. The molecule has 135 heavy (non-hydrogen) atoms. The van der Waals surface area contributed by atoms with Crippen LogP contribution in [0.15, 0.2) is 133 Å².